The maximum absolute atomic E-state index is 5.97. The number of aryl methyl sites for hydroxylation is 1. The lowest BCUT2D eigenvalue weighted by molar-refractivity contribution is 0.512. The van der Waals surface area contributed by atoms with Gasteiger partial charge < -0.3 is 5.73 Å². The zero-order chi connectivity index (χ0) is 10.3. The molecule has 0 saturated heterocycles. The van der Waals surface area contributed by atoms with Crippen molar-refractivity contribution in [2.45, 2.75) is 52.1 Å². The highest BCUT2D eigenvalue weighted by Gasteiger charge is 2.22. The minimum absolute atomic E-state index is 0.339. The molecule has 0 bridgehead atoms. The summed E-state index contributed by atoms with van der Waals surface area (Å²) in [6.45, 7) is 6.50. The quantitative estimate of drug-likeness (QED) is 0.736. The minimum Gasteiger partial charge on any atom is -0.327 e. The lowest BCUT2D eigenvalue weighted by Crippen LogP contribution is -2.27. The Balaban J connectivity index is 2.41. The molecule has 0 radical (unpaired) electrons. The van der Waals surface area contributed by atoms with Gasteiger partial charge >= 0.3 is 0 Å². The fourth-order valence-corrected chi connectivity index (χ4v) is 2.27. The van der Waals surface area contributed by atoms with Crippen LogP contribution in [0.1, 0.15) is 43.3 Å². The number of nitrogens with zero attached hydrogens (tertiary/aromatic N) is 2. The molecule has 0 amide bonds. The summed E-state index contributed by atoms with van der Waals surface area (Å²) in [5.41, 5.74) is 9.95. The molecule has 78 valence electrons. The van der Waals surface area contributed by atoms with E-state index in [9.17, 15) is 0 Å². The Kier molecular flexibility index (Phi) is 2.35. The Hall–Kier alpha value is -0.830. The topological polar surface area (TPSA) is 43.8 Å². The van der Waals surface area contributed by atoms with Gasteiger partial charge in [-0.25, -0.2) is 0 Å². The van der Waals surface area contributed by atoms with Crippen LogP contribution in [0.15, 0.2) is 0 Å². The van der Waals surface area contributed by atoms with Gasteiger partial charge in [-0.05, 0) is 45.6 Å². The van der Waals surface area contributed by atoms with Crippen molar-refractivity contribution in [3.05, 3.63) is 17.0 Å². The number of hydrogen-bond acceptors (Lipinski definition) is 2. The summed E-state index contributed by atoms with van der Waals surface area (Å²) in [6.07, 6.45) is 3.15. The summed E-state index contributed by atoms with van der Waals surface area (Å²) in [5.74, 6) is 0. The molecule has 0 spiro atoms. The standard InChI is InChI=1S/C11H19N3/c1-7(2)14-8(3)10-6-9(12)4-5-11(10)13-14/h7,9H,4-6,12H2,1-3H3. The van der Waals surface area contributed by atoms with Crippen LogP contribution in [-0.2, 0) is 12.8 Å². The van der Waals surface area contributed by atoms with Crippen LogP contribution in [0, 0.1) is 6.92 Å². The van der Waals surface area contributed by atoms with Gasteiger partial charge in [-0.1, -0.05) is 0 Å². The van der Waals surface area contributed by atoms with Crippen LogP contribution in [0.2, 0.25) is 0 Å². The molecule has 0 aliphatic heterocycles. The van der Waals surface area contributed by atoms with Gasteiger partial charge in [0.1, 0.15) is 0 Å². The van der Waals surface area contributed by atoms with Crippen molar-refractivity contribution in [1.29, 1.82) is 0 Å². The Bertz CT molecular complexity index is 339. The molecule has 0 aromatic carbocycles. The van der Waals surface area contributed by atoms with Gasteiger partial charge in [-0.15, -0.1) is 0 Å². The largest absolute Gasteiger partial charge is 0.327 e. The highest BCUT2D eigenvalue weighted by atomic mass is 15.3. The van der Waals surface area contributed by atoms with Crippen molar-refractivity contribution in [3.8, 4) is 0 Å². The van der Waals surface area contributed by atoms with Crippen molar-refractivity contribution < 1.29 is 0 Å². The van der Waals surface area contributed by atoms with Crippen molar-refractivity contribution in [2.75, 3.05) is 0 Å². The van der Waals surface area contributed by atoms with E-state index < -0.39 is 0 Å². The third-order valence-electron chi connectivity index (χ3n) is 3.06. The van der Waals surface area contributed by atoms with E-state index in [0.29, 0.717) is 12.1 Å². The summed E-state index contributed by atoms with van der Waals surface area (Å²) < 4.78 is 2.13. The van der Waals surface area contributed by atoms with Gasteiger partial charge in [0.05, 0.1) is 5.69 Å². The van der Waals surface area contributed by atoms with Crippen molar-refractivity contribution in [3.63, 3.8) is 0 Å². The number of hydrogen-bond donors (Lipinski definition) is 1. The smallest absolute Gasteiger partial charge is 0.0660 e. The van der Waals surface area contributed by atoms with Crippen molar-refractivity contribution in [1.82, 2.24) is 9.78 Å². The molecular formula is C11H19N3. The first-order valence-electron chi connectivity index (χ1n) is 5.42. The van der Waals surface area contributed by atoms with Crippen molar-refractivity contribution >= 4 is 0 Å². The Morgan fingerprint density at radius 1 is 1.50 bits per heavy atom. The Morgan fingerprint density at radius 2 is 2.21 bits per heavy atom. The van der Waals surface area contributed by atoms with Crippen LogP contribution >= 0.6 is 0 Å². The number of nitrogens with two attached hydrogens (primary N) is 1. The normalized spacial score (nSPS) is 21.4. The second-order valence-electron chi connectivity index (χ2n) is 4.55. The van der Waals surface area contributed by atoms with Crippen LogP contribution < -0.4 is 5.73 Å². The second kappa shape index (κ2) is 3.39. The predicted molar refractivity (Wildman–Crippen MR) is 57.3 cm³/mol. The first-order chi connectivity index (χ1) is 6.59. The van der Waals surface area contributed by atoms with E-state index in [4.69, 9.17) is 5.73 Å². The molecule has 2 rings (SSSR count). The molecular weight excluding hydrogens is 174 g/mol. The van der Waals surface area contributed by atoms with E-state index in [2.05, 4.69) is 30.6 Å². The first kappa shape index (κ1) is 9.71. The maximum Gasteiger partial charge on any atom is 0.0660 e. The van der Waals surface area contributed by atoms with Gasteiger partial charge in [-0.3, -0.25) is 4.68 Å². The molecule has 0 saturated carbocycles. The van der Waals surface area contributed by atoms with Crippen LogP contribution in [0.4, 0.5) is 0 Å². The van der Waals surface area contributed by atoms with E-state index in [1.807, 2.05) is 0 Å². The zero-order valence-electron chi connectivity index (χ0n) is 9.25. The third-order valence-corrected chi connectivity index (χ3v) is 3.06. The number of fused-ring (bicyclic) bond motifs is 1. The van der Waals surface area contributed by atoms with E-state index >= 15 is 0 Å². The lowest BCUT2D eigenvalue weighted by atomic mass is 9.92. The Morgan fingerprint density at radius 3 is 2.86 bits per heavy atom. The molecule has 0 fully saturated rings. The summed E-state index contributed by atoms with van der Waals surface area (Å²) in [7, 11) is 0. The minimum atomic E-state index is 0.339. The molecule has 3 heteroatoms. The Labute approximate surface area is 85.3 Å². The molecule has 1 unspecified atom stereocenters. The molecule has 1 aromatic heterocycles. The number of aromatic nitrogens is 2. The molecule has 1 heterocycles. The molecule has 1 atom stereocenters. The van der Waals surface area contributed by atoms with E-state index in [-0.39, 0.29) is 0 Å². The average molecular weight is 193 g/mol. The third kappa shape index (κ3) is 1.46. The summed E-state index contributed by atoms with van der Waals surface area (Å²) in [4.78, 5) is 0. The first-order valence-corrected chi connectivity index (χ1v) is 5.42. The maximum atomic E-state index is 5.97. The molecule has 1 aliphatic rings. The zero-order valence-corrected chi connectivity index (χ0v) is 9.25. The highest BCUT2D eigenvalue weighted by Crippen LogP contribution is 2.24. The molecule has 14 heavy (non-hydrogen) atoms. The molecule has 3 nitrogen and oxygen atoms in total. The predicted octanol–water partition coefficient (Wildman–Crippen LogP) is 1.59. The lowest BCUT2D eigenvalue weighted by Gasteiger charge is -2.17. The number of rotatable bonds is 1. The van der Waals surface area contributed by atoms with E-state index in [1.54, 1.807) is 0 Å². The van der Waals surface area contributed by atoms with Gasteiger partial charge in [0, 0.05) is 17.8 Å². The molecule has 1 aliphatic carbocycles. The van der Waals surface area contributed by atoms with E-state index in [0.717, 1.165) is 19.3 Å². The SMILES string of the molecule is Cc1c2c(nn1C(C)C)CCC(N)C2. The average Bonchev–Trinajstić information content (AvgIpc) is 2.44. The van der Waals surface area contributed by atoms with Gasteiger partial charge in [0.25, 0.3) is 0 Å². The fourth-order valence-electron chi connectivity index (χ4n) is 2.27. The highest BCUT2D eigenvalue weighted by molar-refractivity contribution is 5.29. The fraction of sp³-hybridized carbons (Fsp3) is 0.727. The molecule has 2 N–H and O–H groups in total. The summed E-state index contributed by atoms with van der Waals surface area (Å²) in [6, 6.07) is 0.794. The second-order valence-corrected chi connectivity index (χ2v) is 4.55. The van der Waals surface area contributed by atoms with Gasteiger partial charge in [0.15, 0.2) is 0 Å². The van der Waals surface area contributed by atoms with E-state index in [1.165, 1.54) is 17.0 Å². The summed E-state index contributed by atoms with van der Waals surface area (Å²) in [5, 5.41) is 4.65. The van der Waals surface area contributed by atoms with Crippen molar-refractivity contribution in [2.24, 2.45) is 5.73 Å². The molecule has 1 aromatic rings. The van der Waals surface area contributed by atoms with Gasteiger partial charge in [0.2, 0.25) is 0 Å². The van der Waals surface area contributed by atoms with Crippen LogP contribution in [0.25, 0.3) is 0 Å². The van der Waals surface area contributed by atoms with Crippen LogP contribution in [0.5, 0.6) is 0 Å². The monoisotopic (exact) mass is 193 g/mol. The van der Waals surface area contributed by atoms with Crippen LogP contribution in [-0.4, -0.2) is 15.8 Å². The van der Waals surface area contributed by atoms with Gasteiger partial charge in [-0.2, -0.15) is 5.10 Å². The summed E-state index contributed by atoms with van der Waals surface area (Å²) >= 11 is 0. The van der Waals surface area contributed by atoms with Crippen LogP contribution in [0.3, 0.4) is 0 Å².